The van der Waals surface area contributed by atoms with Crippen molar-refractivity contribution in [2.75, 3.05) is 13.6 Å². The third kappa shape index (κ3) is 1.45. The molecule has 1 heterocycles. The van der Waals surface area contributed by atoms with Crippen molar-refractivity contribution in [2.45, 2.75) is 0 Å². The maximum Gasteiger partial charge on any atom is 0.123 e. The van der Waals surface area contributed by atoms with E-state index >= 15 is 0 Å². The summed E-state index contributed by atoms with van der Waals surface area (Å²) in [4.78, 5) is 7.46. The Balaban J connectivity index is 2.78. The summed E-state index contributed by atoms with van der Waals surface area (Å²) in [6.45, 7) is 0.166. The second-order valence-corrected chi connectivity index (χ2v) is 1.71. The summed E-state index contributed by atoms with van der Waals surface area (Å²) in [5.41, 5.74) is 0.596. The third-order valence-corrected chi connectivity index (χ3v) is 1.03. The normalized spacial score (nSPS) is 22.4. The summed E-state index contributed by atoms with van der Waals surface area (Å²) >= 11 is 0. The van der Waals surface area contributed by atoms with Crippen LogP contribution in [0.4, 0.5) is 4.39 Å². The van der Waals surface area contributed by atoms with Gasteiger partial charge in [0.05, 0.1) is 12.3 Å². The monoisotopic (exact) mass is 126 g/mol. The Morgan fingerprint density at radius 2 is 2.56 bits per heavy atom. The zero-order valence-corrected chi connectivity index (χ0v) is 5.13. The smallest absolute Gasteiger partial charge is 0.123 e. The van der Waals surface area contributed by atoms with E-state index in [4.69, 9.17) is 0 Å². The first-order valence-corrected chi connectivity index (χ1v) is 2.65. The predicted octanol–water partition coefficient (Wildman–Crippen LogP) is 0.995. The standard InChI is InChI=1S/C6H7FN2/c1-8-6-2-5(7)3-9-4-6/h2,4H,3H2,1H3. The molecule has 1 aliphatic heterocycles. The SMILES string of the molecule is CN=C1C=NCC(F)=C1. The summed E-state index contributed by atoms with van der Waals surface area (Å²) in [5.74, 6) is -0.224. The van der Waals surface area contributed by atoms with Crippen molar-refractivity contribution in [2.24, 2.45) is 9.98 Å². The van der Waals surface area contributed by atoms with E-state index in [9.17, 15) is 4.39 Å². The molecule has 3 heteroatoms. The maximum absolute atomic E-state index is 12.3. The molecule has 0 amide bonds. The number of hydrogen-bond donors (Lipinski definition) is 0. The number of hydrogen-bond acceptors (Lipinski definition) is 2. The highest BCUT2D eigenvalue weighted by Gasteiger charge is 1.99. The zero-order chi connectivity index (χ0) is 6.69. The first-order valence-electron chi connectivity index (χ1n) is 2.65. The molecule has 9 heavy (non-hydrogen) atoms. The summed E-state index contributed by atoms with van der Waals surface area (Å²) < 4.78 is 12.3. The van der Waals surface area contributed by atoms with E-state index in [1.54, 1.807) is 13.3 Å². The van der Waals surface area contributed by atoms with Gasteiger partial charge in [0, 0.05) is 13.3 Å². The van der Waals surface area contributed by atoms with Crippen LogP contribution in [-0.2, 0) is 0 Å². The number of dihydropyridines is 1. The lowest BCUT2D eigenvalue weighted by Gasteiger charge is -1.98. The Kier molecular flexibility index (Phi) is 1.72. The Morgan fingerprint density at radius 3 is 3.00 bits per heavy atom. The molecule has 0 spiro atoms. The average molecular weight is 126 g/mol. The highest BCUT2D eigenvalue weighted by Crippen LogP contribution is 2.00. The van der Waals surface area contributed by atoms with Gasteiger partial charge in [0.15, 0.2) is 0 Å². The molecule has 0 unspecified atom stereocenters. The molecule has 1 aliphatic rings. The van der Waals surface area contributed by atoms with Crippen LogP contribution in [0.3, 0.4) is 0 Å². The minimum atomic E-state index is -0.224. The molecule has 0 aromatic heterocycles. The quantitative estimate of drug-likeness (QED) is 0.462. The number of allylic oxidation sites excluding steroid dienone is 1. The molecule has 0 aromatic carbocycles. The fourth-order valence-corrected chi connectivity index (χ4v) is 0.592. The molecule has 0 saturated heterocycles. The molecule has 0 fully saturated rings. The Hall–Kier alpha value is -0.990. The minimum absolute atomic E-state index is 0.166. The van der Waals surface area contributed by atoms with Gasteiger partial charge in [-0.2, -0.15) is 0 Å². The maximum atomic E-state index is 12.3. The van der Waals surface area contributed by atoms with Gasteiger partial charge in [0.1, 0.15) is 5.83 Å². The van der Waals surface area contributed by atoms with Crippen LogP contribution in [0.25, 0.3) is 0 Å². The van der Waals surface area contributed by atoms with E-state index in [-0.39, 0.29) is 12.4 Å². The molecule has 48 valence electrons. The summed E-state index contributed by atoms with van der Waals surface area (Å²) in [5, 5.41) is 0. The number of rotatable bonds is 0. The molecule has 0 aromatic rings. The van der Waals surface area contributed by atoms with Crippen molar-refractivity contribution < 1.29 is 4.39 Å². The van der Waals surface area contributed by atoms with Crippen molar-refractivity contribution in [3.63, 3.8) is 0 Å². The topological polar surface area (TPSA) is 24.7 Å². The highest BCUT2D eigenvalue weighted by molar-refractivity contribution is 6.36. The second kappa shape index (κ2) is 2.53. The van der Waals surface area contributed by atoms with Gasteiger partial charge in [0.25, 0.3) is 0 Å². The van der Waals surface area contributed by atoms with E-state index in [0.717, 1.165) is 0 Å². The lowest BCUT2D eigenvalue weighted by Crippen LogP contribution is -2.03. The van der Waals surface area contributed by atoms with Crippen LogP contribution in [0.5, 0.6) is 0 Å². The predicted molar refractivity (Wildman–Crippen MR) is 35.9 cm³/mol. The van der Waals surface area contributed by atoms with Crippen LogP contribution in [-0.4, -0.2) is 25.5 Å². The van der Waals surface area contributed by atoms with E-state index in [1.165, 1.54) is 6.08 Å². The molecular formula is C6H7FN2. The third-order valence-electron chi connectivity index (χ3n) is 1.03. The molecule has 1 rings (SSSR count). The van der Waals surface area contributed by atoms with Gasteiger partial charge in [-0.25, -0.2) is 4.39 Å². The summed E-state index contributed by atoms with van der Waals surface area (Å²) in [7, 11) is 1.61. The summed E-state index contributed by atoms with van der Waals surface area (Å²) in [6, 6.07) is 0. The van der Waals surface area contributed by atoms with Crippen molar-refractivity contribution in [1.82, 2.24) is 0 Å². The molecule has 0 bridgehead atoms. The van der Waals surface area contributed by atoms with Gasteiger partial charge >= 0.3 is 0 Å². The van der Waals surface area contributed by atoms with Crippen LogP contribution in [0.2, 0.25) is 0 Å². The number of aliphatic imine (C=N–C) groups is 2. The van der Waals surface area contributed by atoms with Crippen LogP contribution in [0.15, 0.2) is 21.9 Å². The van der Waals surface area contributed by atoms with Gasteiger partial charge < -0.3 is 0 Å². The van der Waals surface area contributed by atoms with Gasteiger partial charge in [-0.05, 0) is 6.08 Å². The van der Waals surface area contributed by atoms with Crippen molar-refractivity contribution in [3.8, 4) is 0 Å². The lowest BCUT2D eigenvalue weighted by atomic mass is 10.3. The van der Waals surface area contributed by atoms with Gasteiger partial charge in [0.2, 0.25) is 0 Å². The Bertz CT molecular complexity index is 191. The molecule has 2 nitrogen and oxygen atoms in total. The molecule has 0 N–H and O–H groups in total. The first kappa shape index (κ1) is 6.13. The molecular weight excluding hydrogens is 119 g/mol. The van der Waals surface area contributed by atoms with E-state index in [0.29, 0.717) is 5.71 Å². The highest BCUT2D eigenvalue weighted by atomic mass is 19.1. The zero-order valence-electron chi connectivity index (χ0n) is 5.13. The van der Waals surface area contributed by atoms with Crippen molar-refractivity contribution in [3.05, 3.63) is 11.9 Å². The Morgan fingerprint density at radius 1 is 1.78 bits per heavy atom. The van der Waals surface area contributed by atoms with Crippen LogP contribution >= 0.6 is 0 Å². The number of halogens is 1. The Labute approximate surface area is 52.8 Å². The van der Waals surface area contributed by atoms with Gasteiger partial charge in [-0.1, -0.05) is 0 Å². The van der Waals surface area contributed by atoms with Gasteiger partial charge in [-0.15, -0.1) is 0 Å². The van der Waals surface area contributed by atoms with Crippen molar-refractivity contribution in [1.29, 1.82) is 0 Å². The second-order valence-electron chi connectivity index (χ2n) is 1.71. The van der Waals surface area contributed by atoms with E-state index in [1.807, 2.05) is 0 Å². The molecule has 0 radical (unpaired) electrons. The first-order chi connectivity index (χ1) is 4.33. The molecule has 0 atom stereocenters. The molecule has 0 aliphatic carbocycles. The van der Waals surface area contributed by atoms with E-state index < -0.39 is 0 Å². The summed E-state index contributed by atoms with van der Waals surface area (Å²) in [6.07, 6.45) is 2.94. The van der Waals surface area contributed by atoms with Crippen LogP contribution < -0.4 is 0 Å². The van der Waals surface area contributed by atoms with Crippen LogP contribution in [0.1, 0.15) is 0 Å². The fraction of sp³-hybridized carbons (Fsp3) is 0.333. The average Bonchev–Trinajstić information content (AvgIpc) is 1.88. The van der Waals surface area contributed by atoms with E-state index in [2.05, 4.69) is 9.98 Å². The van der Waals surface area contributed by atoms with Crippen molar-refractivity contribution >= 4 is 11.9 Å². The fourth-order valence-electron chi connectivity index (χ4n) is 0.592. The lowest BCUT2D eigenvalue weighted by molar-refractivity contribution is 0.620. The van der Waals surface area contributed by atoms with Crippen LogP contribution in [0, 0.1) is 0 Å². The molecule has 0 saturated carbocycles. The largest absolute Gasteiger partial charge is 0.287 e. The minimum Gasteiger partial charge on any atom is -0.287 e. The number of nitrogens with zero attached hydrogens (tertiary/aromatic N) is 2. The van der Waals surface area contributed by atoms with Gasteiger partial charge in [-0.3, -0.25) is 9.98 Å².